The minimum Gasteiger partial charge on any atom is -0.506 e. The number of nitrogens with zero attached hydrogens (tertiary/aromatic N) is 2. The van der Waals surface area contributed by atoms with Crippen LogP contribution < -0.4 is 10.9 Å². The lowest BCUT2D eigenvalue weighted by Crippen LogP contribution is -2.25. The maximum absolute atomic E-state index is 13.7. The van der Waals surface area contributed by atoms with Gasteiger partial charge in [0.05, 0.1) is 0 Å². The Labute approximate surface area is 119 Å². The molecular weight excluding hydrogens is 280 g/mol. The van der Waals surface area contributed by atoms with Gasteiger partial charge < -0.3 is 10.4 Å². The molecule has 2 aromatic rings. The van der Waals surface area contributed by atoms with E-state index in [4.69, 9.17) is 0 Å². The predicted octanol–water partition coefficient (Wildman–Crippen LogP) is 1.72. The summed E-state index contributed by atoms with van der Waals surface area (Å²) in [6, 6.07) is 3.68. The van der Waals surface area contributed by atoms with E-state index in [0.717, 1.165) is 35.4 Å². The molecule has 0 aliphatic carbocycles. The number of aromatic hydroxyl groups is 1. The van der Waals surface area contributed by atoms with Gasteiger partial charge in [0.2, 0.25) is 0 Å². The second-order valence-corrected chi connectivity index (χ2v) is 4.50. The molecule has 0 spiro atoms. The number of rotatable bonds is 5. The molecule has 7 heteroatoms. The normalized spacial score (nSPS) is 10.8. The molecule has 0 atom stereocenters. The molecule has 0 aliphatic heterocycles. The Morgan fingerprint density at radius 3 is 2.81 bits per heavy atom. The van der Waals surface area contributed by atoms with Gasteiger partial charge in [-0.05, 0) is 25.1 Å². The quantitative estimate of drug-likeness (QED) is 0.824. The second kappa shape index (κ2) is 6.45. The molecule has 112 valence electrons. The van der Waals surface area contributed by atoms with Crippen LogP contribution in [0.25, 0.3) is 5.69 Å². The van der Waals surface area contributed by atoms with Crippen molar-refractivity contribution in [3.8, 4) is 11.4 Å². The lowest BCUT2D eigenvalue weighted by atomic mass is 10.3. The van der Waals surface area contributed by atoms with Crippen LogP contribution in [0.1, 0.15) is 19.0 Å². The largest absolute Gasteiger partial charge is 0.506 e. The first-order valence-electron chi connectivity index (χ1n) is 6.51. The fraction of sp³-hybridized carbons (Fsp3) is 0.286. The summed E-state index contributed by atoms with van der Waals surface area (Å²) in [6.45, 7) is 2.90. The Balaban J connectivity index is 2.46. The Morgan fingerprint density at radius 1 is 1.33 bits per heavy atom. The Morgan fingerprint density at radius 2 is 2.10 bits per heavy atom. The van der Waals surface area contributed by atoms with Gasteiger partial charge in [-0.25, -0.2) is 8.78 Å². The van der Waals surface area contributed by atoms with Crippen molar-refractivity contribution in [2.45, 2.75) is 19.9 Å². The molecule has 5 nitrogen and oxygen atoms in total. The fourth-order valence-corrected chi connectivity index (χ4v) is 1.81. The third-order valence-electron chi connectivity index (χ3n) is 2.84. The van der Waals surface area contributed by atoms with E-state index in [1.807, 2.05) is 6.92 Å². The SMILES string of the molecule is CCCNCc1nn(-c2cc(F)ccc2F)c(=O)cc1O. The van der Waals surface area contributed by atoms with Crippen LogP contribution in [0.3, 0.4) is 0 Å². The molecular formula is C14H15F2N3O2. The lowest BCUT2D eigenvalue weighted by molar-refractivity contribution is 0.450. The summed E-state index contributed by atoms with van der Waals surface area (Å²) in [6.07, 6.45) is 0.888. The number of nitrogens with one attached hydrogen (secondary N) is 1. The molecule has 0 saturated carbocycles. The van der Waals surface area contributed by atoms with Crippen LogP contribution in [0.2, 0.25) is 0 Å². The van der Waals surface area contributed by atoms with Gasteiger partial charge in [-0.15, -0.1) is 0 Å². The minimum absolute atomic E-state index is 0.187. The summed E-state index contributed by atoms with van der Waals surface area (Å²) in [7, 11) is 0. The fourth-order valence-electron chi connectivity index (χ4n) is 1.81. The van der Waals surface area contributed by atoms with Gasteiger partial charge >= 0.3 is 0 Å². The third kappa shape index (κ3) is 3.43. The van der Waals surface area contributed by atoms with Crippen LogP contribution in [0.15, 0.2) is 29.1 Å². The highest BCUT2D eigenvalue weighted by Crippen LogP contribution is 2.15. The highest BCUT2D eigenvalue weighted by Gasteiger charge is 2.13. The Hall–Kier alpha value is -2.28. The van der Waals surface area contributed by atoms with Gasteiger partial charge in [-0.3, -0.25) is 4.79 Å². The average Bonchev–Trinajstić information content (AvgIpc) is 2.44. The van der Waals surface area contributed by atoms with Crippen molar-refractivity contribution in [2.24, 2.45) is 0 Å². The molecule has 2 rings (SSSR count). The number of halogens is 2. The van der Waals surface area contributed by atoms with Gasteiger partial charge in [0.25, 0.3) is 5.56 Å². The summed E-state index contributed by atoms with van der Waals surface area (Å²) in [5.74, 6) is -1.74. The molecule has 1 heterocycles. The zero-order valence-electron chi connectivity index (χ0n) is 11.4. The first kappa shape index (κ1) is 15.1. The van der Waals surface area contributed by atoms with Crippen LogP contribution in [0, 0.1) is 11.6 Å². The van der Waals surface area contributed by atoms with Gasteiger partial charge in [-0.2, -0.15) is 9.78 Å². The molecule has 0 aliphatic rings. The third-order valence-corrected chi connectivity index (χ3v) is 2.84. The van der Waals surface area contributed by atoms with E-state index in [1.165, 1.54) is 0 Å². The number of aromatic nitrogens is 2. The number of hydrogen-bond acceptors (Lipinski definition) is 4. The van der Waals surface area contributed by atoms with Gasteiger partial charge in [0.1, 0.15) is 28.8 Å². The molecule has 0 bridgehead atoms. The van der Waals surface area contributed by atoms with Crippen LogP contribution in [0.4, 0.5) is 8.78 Å². The molecule has 2 N–H and O–H groups in total. The van der Waals surface area contributed by atoms with Crippen LogP contribution in [0.5, 0.6) is 5.75 Å². The average molecular weight is 295 g/mol. The molecule has 0 radical (unpaired) electrons. The zero-order chi connectivity index (χ0) is 15.4. The summed E-state index contributed by atoms with van der Waals surface area (Å²) < 4.78 is 27.7. The van der Waals surface area contributed by atoms with E-state index >= 15 is 0 Å². The van der Waals surface area contributed by atoms with E-state index in [9.17, 15) is 18.7 Å². The van der Waals surface area contributed by atoms with Crippen LogP contribution >= 0.6 is 0 Å². The van der Waals surface area contributed by atoms with Crippen LogP contribution in [-0.4, -0.2) is 21.4 Å². The number of benzene rings is 1. The van der Waals surface area contributed by atoms with Crippen molar-refractivity contribution in [2.75, 3.05) is 6.54 Å². The zero-order valence-corrected chi connectivity index (χ0v) is 11.4. The van der Waals surface area contributed by atoms with E-state index in [0.29, 0.717) is 6.54 Å². The summed E-state index contributed by atoms with van der Waals surface area (Å²) in [5, 5.41) is 16.6. The Bertz CT molecular complexity index is 701. The van der Waals surface area contributed by atoms with Crippen molar-refractivity contribution in [1.82, 2.24) is 15.1 Å². The second-order valence-electron chi connectivity index (χ2n) is 4.50. The lowest BCUT2D eigenvalue weighted by Gasteiger charge is -2.10. The van der Waals surface area contributed by atoms with Crippen LogP contribution in [-0.2, 0) is 6.54 Å². The number of hydrogen-bond donors (Lipinski definition) is 2. The maximum atomic E-state index is 13.7. The topological polar surface area (TPSA) is 67.2 Å². The van der Waals surface area contributed by atoms with E-state index in [-0.39, 0.29) is 23.7 Å². The molecule has 0 fully saturated rings. The van der Waals surface area contributed by atoms with Gasteiger partial charge in [-0.1, -0.05) is 6.92 Å². The molecule has 0 unspecified atom stereocenters. The van der Waals surface area contributed by atoms with E-state index in [1.54, 1.807) is 0 Å². The van der Waals surface area contributed by atoms with Crippen molar-refractivity contribution < 1.29 is 13.9 Å². The van der Waals surface area contributed by atoms with Gasteiger partial charge in [0.15, 0.2) is 0 Å². The first-order valence-corrected chi connectivity index (χ1v) is 6.51. The molecule has 1 aromatic heterocycles. The van der Waals surface area contributed by atoms with Crippen molar-refractivity contribution in [1.29, 1.82) is 0 Å². The first-order chi connectivity index (χ1) is 10.0. The molecule has 0 saturated heterocycles. The summed E-state index contributed by atoms with van der Waals surface area (Å²) >= 11 is 0. The highest BCUT2D eigenvalue weighted by molar-refractivity contribution is 5.35. The van der Waals surface area contributed by atoms with E-state index in [2.05, 4.69) is 10.4 Å². The smallest absolute Gasteiger partial charge is 0.275 e. The minimum atomic E-state index is -0.774. The monoisotopic (exact) mass is 295 g/mol. The summed E-state index contributed by atoms with van der Waals surface area (Å²) in [4.78, 5) is 11.8. The maximum Gasteiger partial charge on any atom is 0.275 e. The summed E-state index contributed by atoms with van der Waals surface area (Å²) in [5.41, 5.74) is -0.848. The highest BCUT2D eigenvalue weighted by atomic mass is 19.1. The van der Waals surface area contributed by atoms with Crippen molar-refractivity contribution in [3.05, 3.63) is 51.9 Å². The standard InChI is InChI=1S/C14H15F2N3O2/c1-2-5-17-8-11-13(20)7-14(21)19(18-11)12-6-9(15)3-4-10(12)16/h3-4,6-7,17,20H,2,5,8H2,1H3. The van der Waals surface area contributed by atoms with Gasteiger partial charge in [0, 0.05) is 18.7 Å². The van der Waals surface area contributed by atoms with E-state index < -0.39 is 17.2 Å². The van der Waals surface area contributed by atoms with Crippen molar-refractivity contribution >= 4 is 0 Å². The Kier molecular flexibility index (Phi) is 4.64. The molecule has 1 aromatic carbocycles. The predicted molar refractivity (Wildman–Crippen MR) is 73.4 cm³/mol. The van der Waals surface area contributed by atoms with Crippen molar-refractivity contribution in [3.63, 3.8) is 0 Å². The molecule has 0 amide bonds. The molecule has 21 heavy (non-hydrogen) atoms.